The van der Waals surface area contributed by atoms with E-state index in [9.17, 15) is 0 Å². The molecule has 0 N–H and O–H groups in total. The molecule has 0 nitrogen and oxygen atoms in total. The molecule has 240 valence electrons. The van der Waals surface area contributed by atoms with Crippen LogP contribution in [0.25, 0.3) is 109 Å². The molecule has 0 amide bonds. The number of benzene rings is 11. The molecular formula is C52H32. The second-order valence-corrected chi connectivity index (χ2v) is 14.0. The third-order valence-electron chi connectivity index (χ3n) is 11.2. The van der Waals surface area contributed by atoms with E-state index in [0.717, 1.165) is 0 Å². The van der Waals surface area contributed by atoms with E-state index >= 15 is 0 Å². The lowest BCUT2D eigenvalue weighted by Gasteiger charge is -2.19. The van der Waals surface area contributed by atoms with E-state index in [-0.39, 0.29) is 0 Å². The molecule has 0 bridgehead atoms. The third kappa shape index (κ3) is 4.28. The first-order valence-corrected chi connectivity index (χ1v) is 18.1. The van der Waals surface area contributed by atoms with Gasteiger partial charge >= 0.3 is 0 Å². The fourth-order valence-corrected chi connectivity index (χ4v) is 8.95. The number of rotatable bonds is 3. The van der Waals surface area contributed by atoms with Crippen molar-refractivity contribution in [1.29, 1.82) is 0 Å². The SMILES string of the molecule is c1cc(-c2c3ccccc3c(-c3ccc4c5ccccc5c5ccccc5c4c3)c3ccccc23)cc(-c2cc3ccccc3c3ccccc23)c1. The Morgan fingerprint density at radius 1 is 0.192 bits per heavy atom. The van der Waals surface area contributed by atoms with Gasteiger partial charge in [0.1, 0.15) is 0 Å². The van der Waals surface area contributed by atoms with Gasteiger partial charge in [0.25, 0.3) is 0 Å². The summed E-state index contributed by atoms with van der Waals surface area (Å²) in [5, 5.41) is 18.0. The average molecular weight is 657 g/mol. The Hall–Kier alpha value is -6.76. The normalized spacial score (nSPS) is 11.8. The molecule has 0 aliphatic carbocycles. The zero-order valence-electron chi connectivity index (χ0n) is 28.5. The lowest BCUT2D eigenvalue weighted by Crippen LogP contribution is -1.92. The fraction of sp³-hybridized carbons (Fsp3) is 0. The van der Waals surface area contributed by atoms with E-state index in [2.05, 4.69) is 194 Å². The monoisotopic (exact) mass is 656 g/mol. The molecule has 0 unspecified atom stereocenters. The predicted octanol–water partition coefficient (Wildman–Crippen LogP) is 14.8. The van der Waals surface area contributed by atoms with Crippen LogP contribution >= 0.6 is 0 Å². The molecule has 0 saturated carbocycles. The second-order valence-electron chi connectivity index (χ2n) is 14.0. The lowest BCUT2D eigenvalue weighted by molar-refractivity contribution is 1.64. The topological polar surface area (TPSA) is 0 Å². The van der Waals surface area contributed by atoms with Crippen molar-refractivity contribution in [2.24, 2.45) is 0 Å². The molecule has 0 heteroatoms. The summed E-state index contributed by atoms with van der Waals surface area (Å²) >= 11 is 0. The van der Waals surface area contributed by atoms with Crippen molar-refractivity contribution in [3.05, 3.63) is 194 Å². The molecule has 11 rings (SSSR count). The van der Waals surface area contributed by atoms with E-state index in [4.69, 9.17) is 0 Å². The maximum Gasteiger partial charge on any atom is -0.00261 e. The summed E-state index contributed by atoms with van der Waals surface area (Å²) in [6.07, 6.45) is 0. The summed E-state index contributed by atoms with van der Waals surface area (Å²) in [7, 11) is 0. The van der Waals surface area contributed by atoms with Crippen molar-refractivity contribution >= 4 is 75.4 Å². The van der Waals surface area contributed by atoms with Gasteiger partial charge in [-0.25, -0.2) is 0 Å². The van der Waals surface area contributed by atoms with Crippen LogP contribution in [0.2, 0.25) is 0 Å². The predicted molar refractivity (Wildman–Crippen MR) is 225 cm³/mol. The van der Waals surface area contributed by atoms with Crippen molar-refractivity contribution in [1.82, 2.24) is 0 Å². The Balaban J connectivity index is 1.18. The summed E-state index contributed by atoms with van der Waals surface area (Å²) in [6, 6.07) is 71.9. The first-order valence-electron chi connectivity index (χ1n) is 18.1. The summed E-state index contributed by atoms with van der Waals surface area (Å²) in [5.74, 6) is 0. The van der Waals surface area contributed by atoms with Gasteiger partial charge in [0.2, 0.25) is 0 Å². The summed E-state index contributed by atoms with van der Waals surface area (Å²) in [5.41, 5.74) is 7.51. The first-order chi connectivity index (χ1) is 25.8. The largest absolute Gasteiger partial charge is 0.0616 e. The van der Waals surface area contributed by atoms with Crippen LogP contribution < -0.4 is 0 Å². The third-order valence-corrected chi connectivity index (χ3v) is 11.2. The van der Waals surface area contributed by atoms with Gasteiger partial charge in [-0.2, -0.15) is 0 Å². The van der Waals surface area contributed by atoms with Crippen molar-refractivity contribution in [2.75, 3.05) is 0 Å². The van der Waals surface area contributed by atoms with Crippen molar-refractivity contribution in [2.45, 2.75) is 0 Å². The smallest absolute Gasteiger partial charge is 0.00261 e. The zero-order valence-corrected chi connectivity index (χ0v) is 28.5. The Kier molecular flexibility index (Phi) is 6.35. The maximum absolute atomic E-state index is 2.43. The molecule has 0 aliphatic rings. The van der Waals surface area contributed by atoms with Crippen LogP contribution in [0.15, 0.2) is 194 Å². The van der Waals surface area contributed by atoms with Gasteiger partial charge in [0, 0.05) is 0 Å². The van der Waals surface area contributed by atoms with Crippen molar-refractivity contribution in [3.63, 3.8) is 0 Å². The summed E-state index contributed by atoms with van der Waals surface area (Å²) in [6.45, 7) is 0. The van der Waals surface area contributed by atoms with E-state index < -0.39 is 0 Å². The van der Waals surface area contributed by atoms with Crippen LogP contribution in [0, 0.1) is 0 Å². The number of hydrogen-bond acceptors (Lipinski definition) is 0. The van der Waals surface area contributed by atoms with E-state index in [1.807, 2.05) is 0 Å². The quantitative estimate of drug-likeness (QED) is 0.131. The van der Waals surface area contributed by atoms with Gasteiger partial charge in [-0.3, -0.25) is 0 Å². The minimum absolute atomic E-state index is 1.23. The molecule has 11 aromatic rings. The highest BCUT2D eigenvalue weighted by molar-refractivity contribution is 6.27. The van der Waals surface area contributed by atoms with Crippen LogP contribution in [0.5, 0.6) is 0 Å². The molecule has 0 aromatic heterocycles. The molecule has 0 radical (unpaired) electrons. The van der Waals surface area contributed by atoms with Gasteiger partial charge in [0.05, 0.1) is 0 Å². The Bertz CT molecular complexity index is 3140. The van der Waals surface area contributed by atoms with Gasteiger partial charge in [-0.05, 0) is 127 Å². The van der Waals surface area contributed by atoms with Crippen LogP contribution in [0.1, 0.15) is 0 Å². The first kappa shape index (κ1) is 29.0. The highest BCUT2D eigenvalue weighted by Gasteiger charge is 2.19. The van der Waals surface area contributed by atoms with Gasteiger partial charge in [-0.1, -0.05) is 176 Å². The Morgan fingerprint density at radius 2 is 0.577 bits per heavy atom. The highest BCUT2D eigenvalue weighted by Crippen LogP contribution is 2.46. The van der Waals surface area contributed by atoms with Gasteiger partial charge in [0.15, 0.2) is 0 Å². The average Bonchev–Trinajstić information content (AvgIpc) is 3.22. The molecule has 0 spiro atoms. The molecule has 0 atom stereocenters. The highest BCUT2D eigenvalue weighted by atomic mass is 14.2. The Labute approximate surface area is 301 Å². The molecule has 52 heavy (non-hydrogen) atoms. The second kappa shape index (κ2) is 11.4. The van der Waals surface area contributed by atoms with Gasteiger partial charge in [-0.15, -0.1) is 0 Å². The summed E-state index contributed by atoms with van der Waals surface area (Å²) < 4.78 is 0. The number of fused-ring (bicyclic) bond motifs is 11. The molecule has 0 heterocycles. The standard InChI is InChI=1S/C52H32/c1-2-17-37-34(14-1)31-49(42-22-7-3-18-38(37)42)33-15-13-16-35(30-33)51-45-24-9-11-26-47(45)52(48-27-12-10-25-46(48)51)36-28-29-44-41-21-5-4-19-39(41)40-20-6-8-23-43(40)50(44)32-36/h1-32H. The van der Waals surface area contributed by atoms with Gasteiger partial charge < -0.3 is 0 Å². The molecule has 0 fully saturated rings. The van der Waals surface area contributed by atoms with E-state index in [1.165, 1.54) is 109 Å². The van der Waals surface area contributed by atoms with Crippen LogP contribution in [0.4, 0.5) is 0 Å². The van der Waals surface area contributed by atoms with Crippen LogP contribution in [-0.4, -0.2) is 0 Å². The fourth-order valence-electron chi connectivity index (χ4n) is 8.95. The minimum atomic E-state index is 1.23. The lowest BCUT2D eigenvalue weighted by atomic mass is 9.84. The zero-order chi connectivity index (χ0) is 34.2. The molecule has 11 aromatic carbocycles. The molecular weight excluding hydrogens is 625 g/mol. The van der Waals surface area contributed by atoms with Crippen LogP contribution in [0.3, 0.4) is 0 Å². The van der Waals surface area contributed by atoms with Crippen LogP contribution in [-0.2, 0) is 0 Å². The van der Waals surface area contributed by atoms with Crippen molar-refractivity contribution < 1.29 is 0 Å². The maximum atomic E-state index is 2.43. The summed E-state index contributed by atoms with van der Waals surface area (Å²) in [4.78, 5) is 0. The van der Waals surface area contributed by atoms with E-state index in [0.29, 0.717) is 0 Å². The Morgan fingerprint density at radius 3 is 1.13 bits per heavy atom. The molecule has 0 aliphatic heterocycles. The number of hydrogen-bond donors (Lipinski definition) is 0. The minimum Gasteiger partial charge on any atom is -0.0616 e. The van der Waals surface area contributed by atoms with Crippen molar-refractivity contribution in [3.8, 4) is 33.4 Å². The van der Waals surface area contributed by atoms with E-state index in [1.54, 1.807) is 0 Å². The molecule has 0 saturated heterocycles.